The van der Waals surface area contributed by atoms with E-state index in [1.165, 1.54) is 18.2 Å². The van der Waals surface area contributed by atoms with Gasteiger partial charge in [0.2, 0.25) is 5.91 Å². The minimum absolute atomic E-state index is 0.0941. The van der Waals surface area contributed by atoms with Crippen molar-refractivity contribution in [1.82, 2.24) is 15.1 Å². The molecule has 0 unspecified atom stereocenters. The number of halogens is 1. The Hall–Kier alpha value is -3.22. The number of hydrogen-bond donors (Lipinski definition) is 1. The van der Waals surface area contributed by atoms with Crippen molar-refractivity contribution >= 4 is 17.7 Å². The van der Waals surface area contributed by atoms with Crippen molar-refractivity contribution in [3.63, 3.8) is 0 Å². The van der Waals surface area contributed by atoms with Crippen molar-refractivity contribution in [3.05, 3.63) is 71.0 Å². The molecule has 0 spiro atoms. The second-order valence-electron chi connectivity index (χ2n) is 8.47. The Labute approximate surface area is 194 Å². The number of nitrogens with one attached hydrogen (secondary N) is 1. The summed E-state index contributed by atoms with van der Waals surface area (Å²) in [6.45, 7) is 7.76. The summed E-state index contributed by atoms with van der Waals surface area (Å²) in [5.74, 6) is -1.13. The molecule has 1 aliphatic rings. The molecule has 2 aromatic rings. The summed E-state index contributed by atoms with van der Waals surface area (Å²) in [7, 11) is 0. The van der Waals surface area contributed by atoms with Crippen molar-refractivity contribution in [2.24, 2.45) is 5.92 Å². The first-order chi connectivity index (χ1) is 15.8. The van der Waals surface area contributed by atoms with Gasteiger partial charge in [-0.1, -0.05) is 23.8 Å². The lowest BCUT2D eigenvalue weighted by molar-refractivity contribution is -0.134. The lowest BCUT2D eigenvalue weighted by Crippen LogP contribution is -2.54. The van der Waals surface area contributed by atoms with Crippen molar-refractivity contribution < 1.29 is 18.8 Å². The molecule has 1 aliphatic heterocycles. The summed E-state index contributed by atoms with van der Waals surface area (Å²) in [5.41, 5.74) is 1.81. The van der Waals surface area contributed by atoms with Gasteiger partial charge >= 0.3 is 0 Å². The quantitative estimate of drug-likeness (QED) is 0.696. The van der Waals surface area contributed by atoms with Crippen LogP contribution in [0.5, 0.6) is 0 Å². The van der Waals surface area contributed by atoms with Gasteiger partial charge in [0.05, 0.1) is 0 Å². The molecule has 1 saturated heterocycles. The maximum absolute atomic E-state index is 13.5. The molecule has 1 heterocycles. The highest BCUT2D eigenvalue weighted by molar-refractivity contribution is 5.98. The zero-order valence-corrected chi connectivity index (χ0v) is 19.5. The second kappa shape index (κ2) is 11.1. The topological polar surface area (TPSA) is 69.7 Å². The highest BCUT2D eigenvalue weighted by atomic mass is 19.1. The van der Waals surface area contributed by atoms with Crippen LogP contribution in [-0.4, -0.2) is 59.7 Å². The predicted octanol–water partition coefficient (Wildman–Crippen LogP) is 3.65. The van der Waals surface area contributed by atoms with Gasteiger partial charge in [0.25, 0.3) is 11.8 Å². The first kappa shape index (κ1) is 24.4. The van der Waals surface area contributed by atoms with Gasteiger partial charge in [-0.25, -0.2) is 4.39 Å². The molecule has 0 saturated carbocycles. The fourth-order valence-electron chi connectivity index (χ4n) is 4.36. The standard InChI is InChI=1S/C26H32FN3O3/c1-4-29(5-2)26(33)23(28-24(31)20-9-6-8-18(3)16-20)19-12-14-30(15-13-19)25(32)21-10-7-11-22(27)17-21/h6-11,16-17,19,23H,4-5,12-15H2,1-3H3,(H,28,31)/t23-/m1/s1. The molecule has 7 heteroatoms. The normalized spacial score (nSPS) is 15.1. The Morgan fingerprint density at radius 1 is 1.03 bits per heavy atom. The fraction of sp³-hybridized carbons (Fsp3) is 0.423. The molecule has 1 N–H and O–H groups in total. The molecule has 1 atom stereocenters. The molecular formula is C26H32FN3O3. The van der Waals surface area contributed by atoms with E-state index in [-0.39, 0.29) is 23.6 Å². The zero-order valence-electron chi connectivity index (χ0n) is 19.5. The third-order valence-electron chi connectivity index (χ3n) is 6.28. The average Bonchev–Trinajstić information content (AvgIpc) is 2.82. The molecule has 176 valence electrons. The fourth-order valence-corrected chi connectivity index (χ4v) is 4.36. The van der Waals surface area contributed by atoms with Gasteiger partial charge in [0.15, 0.2) is 0 Å². The third-order valence-corrected chi connectivity index (χ3v) is 6.28. The van der Waals surface area contributed by atoms with Crippen LogP contribution in [-0.2, 0) is 4.79 Å². The van der Waals surface area contributed by atoms with Gasteiger partial charge in [0.1, 0.15) is 11.9 Å². The monoisotopic (exact) mass is 453 g/mol. The predicted molar refractivity (Wildman–Crippen MR) is 125 cm³/mol. The lowest BCUT2D eigenvalue weighted by Gasteiger charge is -2.37. The van der Waals surface area contributed by atoms with Crippen LogP contribution in [0.4, 0.5) is 4.39 Å². The number of amides is 3. The summed E-state index contributed by atoms with van der Waals surface area (Å²) in [4.78, 5) is 42.5. The number of hydrogen-bond acceptors (Lipinski definition) is 3. The molecule has 0 radical (unpaired) electrons. The van der Waals surface area contributed by atoms with Crippen LogP contribution in [0.2, 0.25) is 0 Å². The van der Waals surface area contributed by atoms with Crippen LogP contribution in [0, 0.1) is 18.7 Å². The van der Waals surface area contributed by atoms with Crippen molar-refractivity contribution in [2.75, 3.05) is 26.2 Å². The van der Waals surface area contributed by atoms with E-state index in [1.54, 1.807) is 28.0 Å². The summed E-state index contributed by atoms with van der Waals surface area (Å²) >= 11 is 0. The van der Waals surface area contributed by atoms with Gasteiger partial charge in [0, 0.05) is 37.3 Å². The first-order valence-corrected chi connectivity index (χ1v) is 11.5. The van der Waals surface area contributed by atoms with Crippen LogP contribution in [0.25, 0.3) is 0 Å². The van der Waals surface area contributed by atoms with E-state index in [2.05, 4.69) is 5.32 Å². The molecular weight excluding hydrogens is 421 g/mol. The van der Waals surface area contributed by atoms with E-state index < -0.39 is 11.9 Å². The number of rotatable bonds is 7. The van der Waals surface area contributed by atoms with E-state index in [0.29, 0.717) is 50.1 Å². The van der Waals surface area contributed by atoms with Crippen molar-refractivity contribution in [1.29, 1.82) is 0 Å². The van der Waals surface area contributed by atoms with Crippen LogP contribution < -0.4 is 5.32 Å². The largest absolute Gasteiger partial charge is 0.341 e. The number of benzene rings is 2. The maximum Gasteiger partial charge on any atom is 0.253 e. The Balaban J connectivity index is 1.73. The van der Waals surface area contributed by atoms with Crippen molar-refractivity contribution in [2.45, 2.75) is 39.7 Å². The van der Waals surface area contributed by atoms with Gasteiger partial charge in [-0.3, -0.25) is 14.4 Å². The summed E-state index contributed by atoms with van der Waals surface area (Å²) in [6.07, 6.45) is 1.15. The molecule has 33 heavy (non-hydrogen) atoms. The van der Waals surface area contributed by atoms with E-state index in [0.717, 1.165) is 5.56 Å². The van der Waals surface area contributed by atoms with Crippen LogP contribution in [0.1, 0.15) is 53.0 Å². The van der Waals surface area contributed by atoms with Gasteiger partial charge in [-0.05, 0) is 69.9 Å². The molecule has 3 amide bonds. The first-order valence-electron chi connectivity index (χ1n) is 11.5. The summed E-state index contributed by atoms with van der Waals surface area (Å²) < 4.78 is 13.5. The summed E-state index contributed by atoms with van der Waals surface area (Å²) in [6, 6.07) is 12.3. The second-order valence-corrected chi connectivity index (χ2v) is 8.47. The third kappa shape index (κ3) is 5.97. The number of likely N-dealkylation sites (tertiary alicyclic amines) is 1. The Morgan fingerprint density at radius 3 is 2.27 bits per heavy atom. The average molecular weight is 454 g/mol. The molecule has 0 aromatic heterocycles. The number of nitrogens with zero attached hydrogens (tertiary/aromatic N) is 2. The van der Waals surface area contributed by atoms with Crippen LogP contribution in [0.15, 0.2) is 48.5 Å². The lowest BCUT2D eigenvalue weighted by atomic mass is 9.87. The minimum atomic E-state index is -0.663. The Bertz CT molecular complexity index is 998. The van der Waals surface area contributed by atoms with Crippen molar-refractivity contribution in [3.8, 4) is 0 Å². The highest BCUT2D eigenvalue weighted by Gasteiger charge is 2.35. The highest BCUT2D eigenvalue weighted by Crippen LogP contribution is 2.24. The van der Waals surface area contributed by atoms with Crippen LogP contribution >= 0.6 is 0 Å². The molecule has 3 rings (SSSR count). The number of carbonyl (C=O) groups is 3. The Morgan fingerprint density at radius 2 is 1.67 bits per heavy atom. The number of likely N-dealkylation sites (N-methyl/N-ethyl adjacent to an activating group) is 1. The van der Waals surface area contributed by atoms with Crippen LogP contribution in [0.3, 0.4) is 0 Å². The minimum Gasteiger partial charge on any atom is -0.341 e. The molecule has 2 aromatic carbocycles. The smallest absolute Gasteiger partial charge is 0.253 e. The molecule has 0 aliphatic carbocycles. The van der Waals surface area contributed by atoms with Gasteiger partial charge in [-0.15, -0.1) is 0 Å². The van der Waals surface area contributed by atoms with E-state index in [4.69, 9.17) is 0 Å². The van der Waals surface area contributed by atoms with E-state index >= 15 is 0 Å². The number of piperidine rings is 1. The maximum atomic E-state index is 13.5. The SMILES string of the molecule is CCN(CC)C(=O)[C@H](NC(=O)c1cccc(C)c1)C1CCN(C(=O)c2cccc(F)c2)CC1. The summed E-state index contributed by atoms with van der Waals surface area (Å²) in [5, 5.41) is 2.98. The van der Waals surface area contributed by atoms with E-state index in [9.17, 15) is 18.8 Å². The van der Waals surface area contributed by atoms with Gasteiger partial charge in [-0.2, -0.15) is 0 Å². The van der Waals surface area contributed by atoms with Gasteiger partial charge < -0.3 is 15.1 Å². The number of carbonyl (C=O) groups excluding carboxylic acids is 3. The molecule has 0 bridgehead atoms. The molecule has 6 nitrogen and oxygen atoms in total. The zero-order chi connectivity index (χ0) is 24.0. The Kier molecular flexibility index (Phi) is 8.20. The number of aryl methyl sites for hydroxylation is 1. The molecule has 1 fully saturated rings. The van der Waals surface area contributed by atoms with E-state index in [1.807, 2.05) is 32.9 Å².